The van der Waals surface area contributed by atoms with Crippen LogP contribution in [0, 0.1) is 16.7 Å². The van der Waals surface area contributed by atoms with Gasteiger partial charge in [-0.15, -0.1) is 0 Å². The number of carbonyl (C=O) groups excluding carboxylic acids is 2. The van der Waals surface area contributed by atoms with Crippen LogP contribution in [-0.4, -0.2) is 35.0 Å². The van der Waals surface area contributed by atoms with Crippen molar-refractivity contribution < 1.29 is 24.2 Å². The second-order valence-electron chi connectivity index (χ2n) is 8.62. The van der Waals surface area contributed by atoms with E-state index in [0.29, 0.717) is 18.7 Å². The largest absolute Gasteiger partial charge is 0.481 e. The minimum absolute atomic E-state index is 0.149. The van der Waals surface area contributed by atoms with Gasteiger partial charge in [0.2, 0.25) is 5.91 Å². The van der Waals surface area contributed by atoms with E-state index in [1.807, 2.05) is 36.4 Å². The van der Waals surface area contributed by atoms with Crippen molar-refractivity contribution in [3.63, 3.8) is 0 Å². The van der Waals surface area contributed by atoms with Gasteiger partial charge in [0.1, 0.15) is 5.41 Å². The first-order valence-electron chi connectivity index (χ1n) is 9.55. The number of rotatable bonds is 5. The molecule has 1 aliphatic carbocycles. The van der Waals surface area contributed by atoms with E-state index in [1.165, 1.54) is 7.11 Å². The number of carboxylic acids is 1. The number of hydrogen-bond donors (Lipinski definition) is 1. The Labute approximate surface area is 165 Å². The predicted molar refractivity (Wildman–Crippen MR) is 103 cm³/mol. The average molecular weight is 385 g/mol. The summed E-state index contributed by atoms with van der Waals surface area (Å²) in [7, 11) is 1.35. The van der Waals surface area contributed by atoms with Gasteiger partial charge in [0.05, 0.1) is 26.0 Å². The number of likely N-dealkylation sites (tertiary alicyclic amines) is 1. The number of hydrogen-bond acceptors (Lipinski definition) is 4. The van der Waals surface area contributed by atoms with Gasteiger partial charge in [-0.1, -0.05) is 50.3 Å². The van der Waals surface area contributed by atoms with Gasteiger partial charge in [0, 0.05) is 5.70 Å². The number of fused-ring (bicyclic) bond motifs is 1. The molecular formula is C22H27NO5. The average Bonchev–Trinajstić information content (AvgIpc) is 2.64. The maximum atomic E-state index is 13.2. The molecule has 1 aliphatic heterocycles. The molecule has 3 rings (SSSR count). The van der Waals surface area contributed by atoms with E-state index in [1.54, 1.807) is 4.90 Å². The number of piperidine rings is 1. The van der Waals surface area contributed by atoms with Crippen LogP contribution in [0.5, 0.6) is 0 Å². The number of carboxylic acid groups (broad SMARTS) is 1. The Kier molecular flexibility index (Phi) is 5.33. The minimum atomic E-state index is -1.04. The van der Waals surface area contributed by atoms with Crippen LogP contribution < -0.4 is 0 Å². The fourth-order valence-corrected chi connectivity index (χ4v) is 4.70. The summed E-state index contributed by atoms with van der Waals surface area (Å²) in [5.41, 5.74) is 0.439. The van der Waals surface area contributed by atoms with Gasteiger partial charge < -0.3 is 14.7 Å². The van der Waals surface area contributed by atoms with Crippen LogP contribution in [0.2, 0.25) is 0 Å². The molecule has 2 atom stereocenters. The molecule has 0 radical (unpaired) electrons. The number of methoxy groups -OCH3 is 1. The van der Waals surface area contributed by atoms with Crippen molar-refractivity contribution in [1.82, 2.24) is 4.90 Å². The third-order valence-electron chi connectivity index (χ3n) is 5.80. The van der Waals surface area contributed by atoms with E-state index in [9.17, 15) is 19.5 Å². The highest BCUT2D eigenvalue weighted by Gasteiger charge is 2.57. The van der Waals surface area contributed by atoms with Crippen molar-refractivity contribution >= 4 is 17.8 Å². The molecule has 1 heterocycles. The summed E-state index contributed by atoms with van der Waals surface area (Å²) in [5, 5.41) is 9.34. The Hall–Kier alpha value is -2.63. The van der Waals surface area contributed by atoms with Crippen LogP contribution in [0.15, 0.2) is 42.1 Å². The summed E-state index contributed by atoms with van der Waals surface area (Å²) in [6, 6.07) is 9.52. The molecule has 2 aliphatic rings. The Morgan fingerprint density at radius 3 is 2.54 bits per heavy atom. The molecule has 150 valence electrons. The van der Waals surface area contributed by atoms with E-state index < -0.39 is 23.3 Å². The normalized spacial score (nSPS) is 26.2. The van der Waals surface area contributed by atoms with Crippen LogP contribution in [0.4, 0.5) is 0 Å². The molecular weight excluding hydrogens is 358 g/mol. The summed E-state index contributed by atoms with van der Waals surface area (Å²) in [6.45, 7) is 4.46. The van der Waals surface area contributed by atoms with Crippen molar-refractivity contribution in [2.24, 2.45) is 16.7 Å². The summed E-state index contributed by atoms with van der Waals surface area (Å²) in [4.78, 5) is 39.2. The molecule has 0 spiro atoms. The van der Waals surface area contributed by atoms with Gasteiger partial charge in [0.25, 0.3) is 0 Å². The third kappa shape index (κ3) is 3.68. The Bertz CT molecular complexity index is 813. The van der Waals surface area contributed by atoms with Crippen LogP contribution in [0.3, 0.4) is 0 Å². The number of esters is 1. The minimum Gasteiger partial charge on any atom is -0.481 e. The van der Waals surface area contributed by atoms with Gasteiger partial charge in [-0.25, -0.2) is 0 Å². The zero-order valence-electron chi connectivity index (χ0n) is 16.6. The van der Waals surface area contributed by atoms with E-state index in [0.717, 1.165) is 12.0 Å². The molecule has 1 fully saturated rings. The topological polar surface area (TPSA) is 83.9 Å². The second-order valence-corrected chi connectivity index (χ2v) is 8.62. The molecule has 6 heteroatoms. The van der Waals surface area contributed by atoms with Crippen molar-refractivity contribution in [3.8, 4) is 0 Å². The molecule has 1 N–H and O–H groups in total. The molecule has 6 nitrogen and oxygen atoms in total. The number of benzene rings is 1. The van der Waals surface area contributed by atoms with Gasteiger partial charge in [-0.2, -0.15) is 0 Å². The van der Waals surface area contributed by atoms with Crippen LogP contribution in [-0.2, 0) is 25.7 Å². The molecule has 1 saturated heterocycles. The van der Waals surface area contributed by atoms with E-state index in [2.05, 4.69) is 13.8 Å². The van der Waals surface area contributed by atoms with Crippen LogP contribution in [0.1, 0.15) is 45.1 Å². The van der Waals surface area contributed by atoms with E-state index in [4.69, 9.17) is 4.74 Å². The lowest BCUT2D eigenvalue weighted by Gasteiger charge is -2.51. The third-order valence-corrected chi connectivity index (χ3v) is 5.80. The molecule has 0 aromatic heterocycles. The van der Waals surface area contributed by atoms with E-state index >= 15 is 0 Å². The number of amides is 1. The fraction of sp³-hybridized carbons (Fsp3) is 0.500. The Morgan fingerprint density at radius 2 is 1.93 bits per heavy atom. The van der Waals surface area contributed by atoms with Gasteiger partial charge in [-0.05, 0) is 30.2 Å². The Morgan fingerprint density at radius 1 is 1.25 bits per heavy atom. The van der Waals surface area contributed by atoms with Crippen molar-refractivity contribution in [3.05, 3.63) is 47.7 Å². The molecule has 1 aromatic rings. The number of nitrogens with zero attached hydrogens (tertiary/aromatic N) is 1. The lowest BCUT2D eigenvalue weighted by Crippen LogP contribution is -2.55. The van der Waals surface area contributed by atoms with Gasteiger partial charge >= 0.3 is 11.9 Å². The van der Waals surface area contributed by atoms with E-state index in [-0.39, 0.29) is 24.2 Å². The lowest BCUT2D eigenvalue weighted by molar-refractivity contribution is -0.163. The number of allylic oxidation sites excluding steroid dienone is 1. The standard InChI is InChI=1S/C22H27NO5/c1-21(2)10-9-17-22(14-21,20(27)28-3)12-16(11-18(24)25)19(26)23(17)13-15-7-5-4-6-8-15/h4-9,16H,10-14H2,1-3H3,(H,24,25)/t16-,22+/m0/s1. The maximum Gasteiger partial charge on any atom is 0.317 e. The second kappa shape index (κ2) is 7.41. The van der Waals surface area contributed by atoms with Crippen molar-refractivity contribution in [2.75, 3.05) is 7.11 Å². The highest BCUT2D eigenvalue weighted by atomic mass is 16.5. The summed E-state index contributed by atoms with van der Waals surface area (Å²) >= 11 is 0. The van der Waals surface area contributed by atoms with Gasteiger partial charge in [0.15, 0.2) is 0 Å². The molecule has 28 heavy (non-hydrogen) atoms. The quantitative estimate of drug-likeness (QED) is 0.786. The van der Waals surface area contributed by atoms with Crippen molar-refractivity contribution in [2.45, 2.75) is 46.1 Å². The SMILES string of the molecule is COC(=O)[C@@]12C[C@H](CC(=O)O)C(=O)N(Cc3ccccc3)C1=CCC(C)(C)C2. The van der Waals surface area contributed by atoms with Crippen molar-refractivity contribution in [1.29, 1.82) is 0 Å². The highest BCUT2D eigenvalue weighted by Crippen LogP contribution is 2.55. The van der Waals surface area contributed by atoms with Crippen LogP contribution in [0.25, 0.3) is 0 Å². The molecule has 0 unspecified atom stereocenters. The highest BCUT2D eigenvalue weighted by molar-refractivity contribution is 5.91. The maximum absolute atomic E-state index is 13.2. The van der Waals surface area contributed by atoms with Gasteiger partial charge in [-0.3, -0.25) is 14.4 Å². The molecule has 1 amide bonds. The molecule has 1 aromatic carbocycles. The monoisotopic (exact) mass is 385 g/mol. The predicted octanol–water partition coefficient (Wildman–Crippen LogP) is 3.37. The number of carbonyl (C=O) groups is 3. The van der Waals surface area contributed by atoms with Crippen LogP contribution >= 0.6 is 0 Å². The lowest BCUT2D eigenvalue weighted by atomic mass is 9.60. The Balaban J connectivity index is 2.10. The number of aliphatic carboxylic acids is 1. The first kappa shape index (κ1) is 20.1. The summed E-state index contributed by atoms with van der Waals surface area (Å²) < 4.78 is 5.17. The summed E-state index contributed by atoms with van der Waals surface area (Å²) in [5.74, 6) is -2.43. The zero-order chi connectivity index (χ0) is 20.5. The fourth-order valence-electron chi connectivity index (χ4n) is 4.70. The first-order valence-corrected chi connectivity index (χ1v) is 9.55. The molecule has 0 bridgehead atoms. The first-order chi connectivity index (χ1) is 13.2. The smallest absolute Gasteiger partial charge is 0.317 e. The zero-order valence-corrected chi connectivity index (χ0v) is 16.6. The number of ether oxygens (including phenoxy) is 1. The molecule has 0 saturated carbocycles. The summed E-state index contributed by atoms with van der Waals surface area (Å²) in [6.07, 6.45) is 3.11.